The minimum absolute atomic E-state index is 0.515. The van der Waals surface area contributed by atoms with E-state index in [0.717, 1.165) is 23.7 Å². The molecule has 0 spiro atoms. The Morgan fingerprint density at radius 3 is 2.60 bits per heavy atom. The van der Waals surface area contributed by atoms with E-state index in [1.54, 1.807) is 0 Å². The normalized spacial score (nSPS) is 11.0. The average molecular weight is 375 g/mol. The number of nitrogens with zero attached hydrogens (tertiary/aromatic N) is 3. The summed E-state index contributed by atoms with van der Waals surface area (Å²) in [7, 11) is 2.01. The molecule has 0 atom stereocenters. The molecule has 1 heterocycles. The maximum atomic E-state index is 5.92. The lowest BCUT2D eigenvalue weighted by atomic mass is 10.2. The van der Waals surface area contributed by atoms with Crippen molar-refractivity contribution in [2.75, 3.05) is 20.2 Å². The summed E-state index contributed by atoms with van der Waals surface area (Å²) in [6.07, 6.45) is 0. The molecule has 0 radical (unpaired) electrons. The van der Waals surface area contributed by atoms with Gasteiger partial charge >= 0.3 is 0 Å². The number of rotatable bonds is 7. The zero-order valence-electron chi connectivity index (χ0n) is 13.9. The number of halogens is 1. The molecule has 0 bridgehead atoms. The van der Waals surface area contributed by atoms with Crippen LogP contribution in [-0.2, 0) is 6.67 Å². The first kappa shape index (κ1) is 17.7. The van der Waals surface area contributed by atoms with Crippen LogP contribution in [0, 0.1) is 4.77 Å². The number of ether oxygens (including phenoxy) is 1. The molecule has 1 aromatic heterocycles. The van der Waals surface area contributed by atoms with Crippen LogP contribution >= 0.6 is 23.8 Å². The summed E-state index contributed by atoms with van der Waals surface area (Å²) in [5.74, 6) is 1.61. The van der Waals surface area contributed by atoms with Crippen LogP contribution < -0.4 is 4.74 Å². The fourth-order valence-electron chi connectivity index (χ4n) is 2.34. The number of hydrogen-bond donors (Lipinski definition) is 1. The second-order valence-electron chi connectivity index (χ2n) is 5.67. The Morgan fingerprint density at radius 2 is 1.88 bits per heavy atom. The van der Waals surface area contributed by atoms with Crippen molar-refractivity contribution in [2.24, 2.45) is 0 Å². The largest absolute Gasteiger partial charge is 0.492 e. The van der Waals surface area contributed by atoms with Gasteiger partial charge in [0.15, 0.2) is 5.82 Å². The highest BCUT2D eigenvalue weighted by Gasteiger charge is 2.07. The Balaban J connectivity index is 1.57. The average Bonchev–Trinajstić information content (AvgIpc) is 2.97. The number of H-pyrrole nitrogens is 1. The third-order valence-electron chi connectivity index (χ3n) is 3.66. The molecule has 5 nitrogen and oxygen atoms in total. The molecule has 0 unspecified atom stereocenters. The molecule has 25 heavy (non-hydrogen) atoms. The molecule has 3 aromatic rings. The van der Waals surface area contributed by atoms with Crippen molar-refractivity contribution < 1.29 is 4.74 Å². The summed E-state index contributed by atoms with van der Waals surface area (Å²) in [5.41, 5.74) is 0.948. The first-order valence-electron chi connectivity index (χ1n) is 7.91. The van der Waals surface area contributed by atoms with E-state index in [9.17, 15) is 0 Å². The highest BCUT2D eigenvalue weighted by Crippen LogP contribution is 2.18. The van der Waals surface area contributed by atoms with Crippen LogP contribution in [-0.4, -0.2) is 39.9 Å². The summed E-state index contributed by atoms with van der Waals surface area (Å²) in [6.45, 7) is 1.98. The number of aromatic nitrogens is 3. The van der Waals surface area contributed by atoms with Crippen molar-refractivity contribution in [3.05, 3.63) is 64.4 Å². The molecule has 0 aliphatic heterocycles. The van der Waals surface area contributed by atoms with Gasteiger partial charge in [-0.25, -0.2) is 4.68 Å². The topological polar surface area (TPSA) is 46.1 Å². The summed E-state index contributed by atoms with van der Waals surface area (Å²) >= 11 is 11.3. The van der Waals surface area contributed by atoms with Gasteiger partial charge in [0.05, 0.1) is 6.67 Å². The molecule has 0 fully saturated rings. The Hall–Kier alpha value is -2.15. The Labute approximate surface area is 156 Å². The zero-order chi connectivity index (χ0) is 17.6. The highest BCUT2D eigenvalue weighted by atomic mass is 35.5. The molecule has 1 N–H and O–H groups in total. The van der Waals surface area contributed by atoms with Crippen LogP contribution in [0.25, 0.3) is 11.4 Å². The van der Waals surface area contributed by atoms with Crippen LogP contribution in [0.2, 0.25) is 5.02 Å². The zero-order valence-corrected chi connectivity index (χ0v) is 15.4. The molecule has 2 aromatic carbocycles. The molecule has 0 amide bonds. The number of likely N-dealkylation sites (N-methyl/N-ethyl adjacent to an activating group) is 1. The first-order chi connectivity index (χ1) is 12.1. The fourth-order valence-corrected chi connectivity index (χ4v) is 2.66. The standard InChI is InChI=1S/C18H19ClN4OS/c1-22(11-12-24-16-5-3-2-4-6-16)13-23-18(25)20-17(21-23)14-7-9-15(19)10-8-14/h2-10H,11-13H2,1H3,(H,20,21,25). The summed E-state index contributed by atoms with van der Waals surface area (Å²) < 4.78 is 8.06. The van der Waals surface area contributed by atoms with Crippen LogP contribution in [0.5, 0.6) is 5.75 Å². The molecular formula is C18H19ClN4OS. The van der Waals surface area contributed by atoms with Crippen LogP contribution in [0.4, 0.5) is 0 Å². The monoisotopic (exact) mass is 374 g/mol. The fraction of sp³-hybridized carbons (Fsp3) is 0.222. The second-order valence-corrected chi connectivity index (χ2v) is 6.47. The molecule has 7 heteroatoms. The number of hydrogen-bond acceptors (Lipinski definition) is 4. The molecule has 0 saturated heterocycles. The van der Waals surface area contributed by atoms with Gasteiger partial charge in [-0.3, -0.25) is 10.00 Å². The van der Waals surface area contributed by atoms with E-state index < -0.39 is 0 Å². The van der Waals surface area contributed by atoms with E-state index in [1.165, 1.54) is 0 Å². The Morgan fingerprint density at radius 1 is 1.16 bits per heavy atom. The van der Waals surface area contributed by atoms with Gasteiger partial charge in [0.2, 0.25) is 4.77 Å². The Kier molecular flexibility index (Phi) is 5.86. The highest BCUT2D eigenvalue weighted by molar-refractivity contribution is 7.71. The van der Waals surface area contributed by atoms with Crippen LogP contribution in [0.15, 0.2) is 54.6 Å². The van der Waals surface area contributed by atoms with E-state index in [4.69, 9.17) is 28.6 Å². The quantitative estimate of drug-likeness (QED) is 0.628. The van der Waals surface area contributed by atoms with Crippen LogP contribution in [0.1, 0.15) is 0 Å². The second kappa shape index (κ2) is 8.29. The molecule has 130 valence electrons. The smallest absolute Gasteiger partial charge is 0.217 e. The van der Waals surface area contributed by atoms with Gasteiger partial charge in [0.1, 0.15) is 12.4 Å². The predicted octanol–water partition coefficient (Wildman–Crippen LogP) is 4.23. The maximum absolute atomic E-state index is 5.92. The van der Waals surface area contributed by atoms with Gasteiger partial charge in [-0.15, -0.1) is 0 Å². The van der Waals surface area contributed by atoms with Crippen molar-refractivity contribution in [1.29, 1.82) is 0 Å². The number of para-hydroxylation sites is 1. The maximum Gasteiger partial charge on any atom is 0.217 e. The minimum atomic E-state index is 0.515. The predicted molar refractivity (Wildman–Crippen MR) is 102 cm³/mol. The van der Waals surface area contributed by atoms with E-state index in [-0.39, 0.29) is 0 Å². The van der Waals surface area contributed by atoms with E-state index >= 15 is 0 Å². The van der Waals surface area contributed by atoms with Crippen molar-refractivity contribution in [3.8, 4) is 17.1 Å². The minimum Gasteiger partial charge on any atom is -0.492 e. The molecule has 0 aliphatic rings. The summed E-state index contributed by atoms with van der Waals surface area (Å²) in [5, 5.41) is 3.93. The molecule has 3 rings (SSSR count). The third kappa shape index (κ3) is 4.92. The third-order valence-corrected chi connectivity index (χ3v) is 4.23. The number of aromatic amines is 1. The van der Waals surface area contributed by atoms with Gasteiger partial charge in [-0.05, 0) is 55.7 Å². The summed E-state index contributed by atoms with van der Waals surface area (Å²) in [6, 6.07) is 17.3. The lowest BCUT2D eigenvalue weighted by Crippen LogP contribution is -2.27. The number of nitrogens with one attached hydrogen (secondary N) is 1. The Bertz CT molecular complexity index is 861. The van der Waals surface area contributed by atoms with Gasteiger partial charge in [0.25, 0.3) is 0 Å². The van der Waals surface area contributed by atoms with Gasteiger partial charge in [0, 0.05) is 17.1 Å². The van der Waals surface area contributed by atoms with Crippen molar-refractivity contribution in [3.63, 3.8) is 0 Å². The SMILES string of the molecule is CN(CCOc1ccccc1)Cn1[nH]c(-c2ccc(Cl)cc2)nc1=S. The van der Waals surface area contributed by atoms with Crippen LogP contribution in [0.3, 0.4) is 0 Å². The van der Waals surface area contributed by atoms with Gasteiger partial charge in [-0.2, -0.15) is 4.98 Å². The lowest BCUT2D eigenvalue weighted by molar-refractivity contribution is 0.198. The van der Waals surface area contributed by atoms with Crippen molar-refractivity contribution in [2.45, 2.75) is 6.67 Å². The van der Waals surface area contributed by atoms with Gasteiger partial charge in [-0.1, -0.05) is 29.8 Å². The van der Waals surface area contributed by atoms with E-state index in [2.05, 4.69) is 15.0 Å². The molecule has 0 aliphatic carbocycles. The molecule has 0 saturated carbocycles. The van der Waals surface area contributed by atoms with Crippen molar-refractivity contribution >= 4 is 23.8 Å². The molecular weight excluding hydrogens is 356 g/mol. The summed E-state index contributed by atoms with van der Waals surface area (Å²) in [4.78, 5) is 6.53. The van der Waals surface area contributed by atoms with E-state index in [0.29, 0.717) is 23.1 Å². The van der Waals surface area contributed by atoms with E-state index in [1.807, 2.05) is 66.3 Å². The van der Waals surface area contributed by atoms with Crippen molar-refractivity contribution in [1.82, 2.24) is 19.7 Å². The lowest BCUT2D eigenvalue weighted by Gasteiger charge is -2.17. The number of benzene rings is 2. The van der Waals surface area contributed by atoms with Gasteiger partial charge < -0.3 is 4.74 Å². The first-order valence-corrected chi connectivity index (χ1v) is 8.69.